The third-order valence-corrected chi connectivity index (χ3v) is 4.72. The Morgan fingerprint density at radius 3 is 2.48 bits per heavy atom. The lowest BCUT2D eigenvalue weighted by Crippen LogP contribution is -2.11. The SMILES string of the molecule is Cc1nc(Oc2ccc(NC(=O)c3cccc(F)c3)cc2)cc(-n2cnc(C)c2C)n1. The second-order valence-electron chi connectivity index (χ2n) is 6.99. The Bertz CT molecular complexity index is 1250. The minimum Gasteiger partial charge on any atom is -0.439 e. The second kappa shape index (κ2) is 8.35. The summed E-state index contributed by atoms with van der Waals surface area (Å²) < 4.78 is 21.1. The van der Waals surface area contributed by atoms with Gasteiger partial charge in [-0.25, -0.2) is 14.4 Å². The number of benzene rings is 2. The standard InChI is InChI=1S/C23H20FN5O2/c1-14-15(2)29(13-25-14)21-12-22(27-16(3)26-21)31-20-9-7-19(8-10-20)28-23(30)17-5-4-6-18(24)11-17/h4-13H,1-3H3,(H,28,30). The maximum absolute atomic E-state index is 13.3. The van der Waals surface area contributed by atoms with Crippen LogP contribution < -0.4 is 10.1 Å². The van der Waals surface area contributed by atoms with Crippen LogP contribution in [0, 0.1) is 26.6 Å². The second-order valence-corrected chi connectivity index (χ2v) is 6.99. The van der Waals surface area contributed by atoms with Gasteiger partial charge in [-0.05, 0) is 63.2 Å². The van der Waals surface area contributed by atoms with Crippen LogP contribution in [0.3, 0.4) is 0 Å². The number of amides is 1. The molecule has 156 valence electrons. The monoisotopic (exact) mass is 417 g/mol. The first kappa shape index (κ1) is 20.2. The molecule has 31 heavy (non-hydrogen) atoms. The molecule has 0 bridgehead atoms. The molecule has 1 N–H and O–H groups in total. The summed E-state index contributed by atoms with van der Waals surface area (Å²) in [5.74, 6) is 1.32. The molecule has 1 amide bonds. The van der Waals surface area contributed by atoms with Crippen LogP contribution in [0.25, 0.3) is 5.82 Å². The number of nitrogens with zero attached hydrogens (tertiary/aromatic N) is 4. The summed E-state index contributed by atoms with van der Waals surface area (Å²) in [6.45, 7) is 5.70. The Labute approximate surface area is 178 Å². The quantitative estimate of drug-likeness (QED) is 0.506. The predicted octanol–water partition coefficient (Wildman–Crippen LogP) is 4.77. The number of hydrogen-bond acceptors (Lipinski definition) is 5. The third-order valence-electron chi connectivity index (χ3n) is 4.72. The first-order chi connectivity index (χ1) is 14.9. The molecule has 0 aliphatic heterocycles. The predicted molar refractivity (Wildman–Crippen MR) is 114 cm³/mol. The summed E-state index contributed by atoms with van der Waals surface area (Å²) in [5, 5.41) is 2.73. The highest BCUT2D eigenvalue weighted by molar-refractivity contribution is 6.04. The van der Waals surface area contributed by atoms with Crippen molar-refractivity contribution in [2.24, 2.45) is 0 Å². The minimum atomic E-state index is -0.461. The molecule has 0 aliphatic carbocycles. The average molecular weight is 417 g/mol. The van der Waals surface area contributed by atoms with Gasteiger partial charge in [0.15, 0.2) is 0 Å². The lowest BCUT2D eigenvalue weighted by atomic mass is 10.2. The Hall–Kier alpha value is -4.07. The third kappa shape index (κ3) is 4.58. The van der Waals surface area contributed by atoms with Crippen molar-refractivity contribution >= 4 is 11.6 Å². The fourth-order valence-corrected chi connectivity index (χ4v) is 2.99. The van der Waals surface area contributed by atoms with Crippen molar-refractivity contribution in [3.63, 3.8) is 0 Å². The molecule has 0 fully saturated rings. The van der Waals surface area contributed by atoms with E-state index >= 15 is 0 Å². The van der Waals surface area contributed by atoms with E-state index in [2.05, 4.69) is 20.3 Å². The number of aromatic nitrogens is 4. The van der Waals surface area contributed by atoms with Gasteiger partial charge in [-0.15, -0.1) is 0 Å². The van der Waals surface area contributed by atoms with Crippen molar-refractivity contribution in [1.29, 1.82) is 0 Å². The van der Waals surface area contributed by atoms with Crippen molar-refractivity contribution in [3.8, 4) is 17.4 Å². The smallest absolute Gasteiger partial charge is 0.255 e. The van der Waals surface area contributed by atoms with Gasteiger partial charge in [-0.2, -0.15) is 4.98 Å². The van der Waals surface area contributed by atoms with Gasteiger partial charge < -0.3 is 10.1 Å². The van der Waals surface area contributed by atoms with E-state index in [9.17, 15) is 9.18 Å². The van der Waals surface area contributed by atoms with E-state index in [1.807, 2.05) is 18.4 Å². The molecule has 2 aromatic heterocycles. The highest BCUT2D eigenvalue weighted by atomic mass is 19.1. The van der Waals surface area contributed by atoms with Crippen molar-refractivity contribution in [2.75, 3.05) is 5.32 Å². The molecule has 0 unspecified atom stereocenters. The highest BCUT2D eigenvalue weighted by Crippen LogP contribution is 2.24. The Kier molecular flexibility index (Phi) is 5.44. The van der Waals surface area contributed by atoms with Crippen molar-refractivity contribution in [3.05, 3.63) is 89.5 Å². The lowest BCUT2D eigenvalue weighted by molar-refractivity contribution is 0.102. The molecule has 2 heterocycles. The first-order valence-corrected chi connectivity index (χ1v) is 9.60. The molecule has 0 saturated carbocycles. The van der Waals surface area contributed by atoms with Crippen LogP contribution in [0.5, 0.6) is 11.6 Å². The van der Waals surface area contributed by atoms with E-state index in [-0.39, 0.29) is 5.56 Å². The van der Waals surface area contributed by atoms with E-state index < -0.39 is 11.7 Å². The molecule has 2 aromatic carbocycles. The molecule has 4 rings (SSSR count). The van der Waals surface area contributed by atoms with Gasteiger partial charge >= 0.3 is 0 Å². The largest absolute Gasteiger partial charge is 0.439 e. The van der Waals surface area contributed by atoms with Gasteiger partial charge in [0, 0.05) is 23.0 Å². The van der Waals surface area contributed by atoms with Crippen LogP contribution in [0.2, 0.25) is 0 Å². The molecule has 0 atom stereocenters. The van der Waals surface area contributed by atoms with E-state index in [1.54, 1.807) is 49.6 Å². The van der Waals surface area contributed by atoms with Crippen molar-refractivity contribution in [1.82, 2.24) is 19.5 Å². The van der Waals surface area contributed by atoms with E-state index in [1.165, 1.54) is 18.2 Å². The van der Waals surface area contributed by atoms with Gasteiger partial charge in [0.2, 0.25) is 5.88 Å². The number of halogens is 1. The fraction of sp³-hybridized carbons (Fsp3) is 0.130. The highest BCUT2D eigenvalue weighted by Gasteiger charge is 2.11. The molecule has 0 aliphatic rings. The number of rotatable bonds is 5. The maximum atomic E-state index is 13.3. The first-order valence-electron chi connectivity index (χ1n) is 9.60. The number of anilines is 1. The number of aryl methyl sites for hydroxylation is 2. The zero-order chi connectivity index (χ0) is 22.0. The number of ether oxygens (including phenoxy) is 1. The van der Waals surface area contributed by atoms with E-state index in [0.717, 1.165) is 11.4 Å². The molecule has 7 nitrogen and oxygen atoms in total. The number of imidazole rings is 1. The van der Waals surface area contributed by atoms with Crippen LogP contribution in [0.4, 0.5) is 10.1 Å². The molecular formula is C23H20FN5O2. The molecule has 4 aromatic rings. The number of nitrogens with one attached hydrogen (secondary N) is 1. The summed E-state index contributed by atoms with van der Waals surface area (Å²) in [6, 6.07) is 14.1. The topological polar surface area (TPSA) is 81.9 Å². The summed E-state index contributed by atoms with van der Waals surface area (Å²) in [6.07, 6.45) is 1.71. The number of hydrogen-bond donors (Lipinski definition) is 1. The zero-order valence-electron chi connectivity index (χ0n) is 17.3. The van der Waals surface area contributed by atoms with Gasteiger partial charge in [0.25, 0.3) is 5.91 Å². The van der Waals surface area contributed by atoms with Gasteiger partial charge in [0.05, 0.1) is 5.69 Å². The maximum Gasteiger partial charge on any atom is 0.255 e. The van der Waals surface area contributed by atoms with Gasteiger partial charge in [-0.1, -0.05) is 6.07 Å². The Balaban J connectivity index is 1.49. The Morgan fingerprint density at radius 2 is 1.81 bits per heavy atom. The normalized spacial score (nSPS) is 10.7. The van der Waals surface area contributed by atoms with Crippen LogP contribution in [-0.4, -0.2) is 25.4 Å². The minimum absolute atomic E-state index is 0.245. The summed E-state index contributed by atoms with van der Waals surface area (Å²) in [4.78, 5) is 25.3. The molecule has 8 heteroatoms. The summed E-state index contributed by atoms with van der Waals surface area (Å²) >= 11 is 0. The van der Waals surface area contributed by atoms with E-state index in [4.69, 9.17) is 4.74 Å². The van der Waals surface area contributed by atoms with Crippen molar-refractivity contribution < 1.29 is 13.9 Å². The Morgan fingerprint density at radius 1 is 1.03 bits per heavy atom. The van der Waals surface area contributed by atoms with Gasteiger partial charge in [-0.3, -0.25) is 9.36 Å². The number of carbonyl (C=O) groups is 1. The lowest BCUT2D eigenvalue weighted by Gasteiger charge is -2.10. The molecule has 0 radical (unpaired) electrons. The van der Waals surface area contributed by atoms with Crippen LogP contribution in [0.15, 0.2) is 60.9 Å². The van der Waals surface area contributed by atoms with Crippen molar-refractivity contribution in [2.45, 2.75) is 20.8 Å². The average Bonchev–Trinajstić information content (AvgIpc) is 3.07. The number of carbonyl (C=O) groups excluding carboxylic acids is 1. The van der Waals surface area contributed by atoms with Crippen LogP contribution >= 0.6 is 0 Å². The molecular weight excluding hydrogens is 397 g/mol. The summed E-state index contributed by atoms with van der Waals surface area (Å²) in [7, 11) is 0. The van der Waals surface area contributed by atoms with Crippen LogP contribution in [0.1, 0.15) is 27.6 Å². The zero-order valence-corrected chi connectivity index (χ0v) is 17.3. The van der Waals surface area contributed by atoms with Gasteiger partial charge in [0.1, 0.15) is 29.5 Å². The molecule has 0 saturated heterocycles. The fourth-order valence-electron chi connectivity index (χ4n) is 2.99. The summed E-state index contributed by atoms with van der Waals surface area (Å²) in [5.41, 5.74) is 2.72. The van der Waals surface area contributed by atoms with Crippen LogP contribution in [-0.2, 0) is 0 Å². The molecule has 0 spiro atoms. The van der Waals surface area contributed by atoms with E-state index in [0.29, 0.717) is 29.0 Å².